The quantitative estimate of drug-likeness (QED) is 0.866. The summed E-state index contributed by atoms with van der Waals surface area (Å²) in [6.45, 7) is 0. The van der Waals surface area contributed by atoms with Gasteiger partial charge in [-0.05, 0) is 37.0 Å². The van der Waals surface area contributed by atoms with Gasteiger partial charge in [-0.1, -0.05) is 18.2 Å². The summed E-state index contributed by atoms with van der Waals surface area (Å²) in [5, 5.41) is 3.30. The average molecular weight is 373 g/mol. The number of nitrogens with zero attached hydrogens (tertiary/aromatic N) is 3. The van der Waals surface area contributed by atoms with E-state index in [0.29, 0.717) is 22.1 Å². The molecule has 8 heteroatoms. The molecule has 0 spiro atoms. The zero-order valence-corrected chi connectivity index (χ0v) is 15.2. The third kappa shape index (κ3) is 2.88. The Morgan fingerprint density at radius 1 is 1.50 bits per heavy atom. The van der Waals surface area contributed by atoms with Gasteiger partial charge < -0.3 is 15.6 Å². The molecule has 3 N–H and O–H groups in total. The highest BCUT2D eigenvalue weighted by Gasteiger charge is 2.48. The summed E-state index contributed by atoms with van der Waals surface area (Å²) in [5.41, 5.74) is 6.71. The zero-order chi connectivity index (χ0) is 18.3. The molecule has 1 saturated carbocycles. The van der Waals surface area contributed by atoms with Gasteiger partial charge in [0.15, 0.2) is 5.17 Å². The van der Waals surface area contributed by atoms with Gasteiger partial charge >= 0.3 is 0 Å². The minimum absolute atomic E-state index is 0.260. The summed E-state index contributed by atoms with van der Waals surface area (Å²) >= 11 is 1.53. The van der Waals surface area contributed by atoms with Crippen molar-refractivity contribution in [3.63, 3.8) is 0 Å². The molecular formula is C18H20FN5OS. The van der Waals surface area contributed by atoms with Gasteiger partial charge in [0.05, 0.1) is 11.9 Å². The first-order chi connectivity index (χ1) is 12.5. The highest BCUT2D eigenvalue weighted by Crippen LogP contribution is 2.51. The van der Waals surface area contributed by atoms with Gasteiger partial charge in [0.1, 0.15) is 11.5 Å². The van der Waals surface area contributed by atoms with E-state index in [-0.39, 0.29) is 17.6 Å². The SMILES string of the molecule is Cn1cnc(C(=O)Nc2ccc(F)c([C@]34CCC[C@H]3CSC(N)=N4)c2)c1. The molecule has 0 bridgehead atoms. The van der Waals surface area contributed by atoms with Gasteiger partial charge in [0.25, 0.3) is 5.91 Å². The Hall–Kier alpha value is -2.35. The largest absolute Gasteiger partial charge is 0.379 e. The smallest absolute Gasteiger partial charge is 0.275 e. The van der Waals surface area contributed by atoms with Gasteiger partial charge in [0, 0.05) is 30.2 Å². The number of carbonyl (C=O) groups is 1. The maximum absolute atomic E-state index is 14.7. The molecule has 1 aromatic heterocycles. The number of nitrogens with one attached hydrogen (secondary N) is 1. The number of aryl methyl sites for hydroxylation is 1. The number of aromatic nitrogens is 2. The Labute approximate surface area is 155 Å². The van der Waals surface area contributed by atoms with E-state index >= 15 is 0 Å². The van der Waals surface area contributed by atoms with E-state index in [2.05, 4.69) is 15.3 Å². The first-order valence-electron chi connectivity index (χ1n) is 8.55. The lowest BCUT2D eigenvalue weighted by Crippen LogP contribution is -2.37. The van der Waals surface area contributed by atoms with E-state index in [1.54, 1.807) is 36.3 Å². The van der Waals surface area contributed by atoms with Crippen LogP contribution in [0.4, 0.5) is 10.1 Å². The Morgan fingerprint density at radius 2 is 2.35 bits per heavy atom. The predicted octanol–water partition coefficient (Wildman–Crippen LogP) is 2.87. The van der Waals surface area contributed by atoms with Crippen LogP contribution in [0.3, 0.4) is 0 Å². The molecule has 2 aliphatic rings. The molecule has 1 aromatic carbocycles. The van der Waals surface area contributed by atoms with E-state index in [9.17, 15) is 9.18 Å². The topological polar surface area (TPSA) is 85.3 Å². The number of imidazole rings is 1. The molecule has 1 fully saturated rings. The normalized spacial score (nSPS) is 24.8. The number of aliphatic imine (C=N–C) groups is 1. The molecule has 0 unspecified atom stereocenters. The number of hydrogen-bond acceptors (Lipinski definition) is 5. The van der Waals surface area contributed by atoms with Crippen LogP contribution in [0.1, 0.15) is 35.3 Å². The number of carbonyl (C=O) groups excluding carboxylic acids is 1. The number of thioether (sulfide) groups is 1. The van der Waals surface area contributed by atoms with Crippen LogP contribution in [0.25, 0.3) is 0 Å². The van der Waals surface area contributed by atoms with Crippen molar-refractivity contribution in [1.82, 2.24) is 9.55 Å². The van der Waals surface area contributed by atoms with Crippen molar-refractivity contribution in [2.24, 2.45) is 23.7 Å². The number of amidine groups is 1. The minimum Gasteiger partial charge on any atom is -0.379 e. The molecule has 2 aromatic rings. The van der Waals surface area contributed by atoms with Crippen LogP contribution in [0.2, 0.25) is 0 Å². The van der Waals surface area contributed by atoms with E-state index < -0.39 is 5.54 Å². The summed E-state index contributed by atoms with van der Waals surface area (Å²) in [4.78, 5) is 21.1. The third-order valence-corrected chi connectivity index (χ3v) is 6.11. The number of benzene rings is 1. The van der Waals surface area contributed by atoms with Crippen LogP contribution < -0.4 is 11.1 Å². The summed E-state index contributed by atoms with van der Waals surface area (Å²) in [7, 11) is 1.79. The molecule has 0 radical (unpaired) electrons. The Kier molecular flexibility index (Phi) is 4.22. The lowest BCUT2D eigenvalue weighted by atomic mass is 9.81. The van der Waals surface area contributed by atoms with Gasteiger partial charge in [-0.3, -0.25) is 9.79 Å². The molecular weight excluding hydrogens is 353 g/mol. The number of nitrogens with two attached hydrogens (primary N) is 1. The van der Waals surface area contributed by atoms with Crippen molar-refractivity contribution in [1.29, 1.82) is 0 Å². The summed E-state index contributed by atoms with van der Waals surface area (Å²) in [6.07, 6.45) is 5.96. The lowest BCUT2D eigenvalue weighted by molar-refractivity contribution is 0.102. The van der Waals surface area contributed by atoms with Crippen molar-refractivity contribution in [3.8, 4) is 0 Å². The molecule has 136 valence electrons. The number of hydrogen-bond donors (Lipinski definition) is 2. The van der Waals surface area contributed by atoms with Crippen LogP contribution in [-0.4, -0.2) is 26.4 Å². The van der Waals surface area contributed by atoms with Gasteiger partial charge in [-0.25, -0.2) is 9.37 Å². The molecule has 4 rings (SSSR count). The van der Waals surface area contributed by atoms with E-state index in [4.69, 9.17) is 5.73 Å². The number of amides is 1. The molecule has 6 nitrogen and oxygen atoms in total. The van der Waals surface area contributed by atoms with Gasteiger partial charge in [-0.2, -0.15) is 0 Å². The van der Waals surface area contributed by atoms with Crippen LogP contribution in [-0.2, 0) is 12.6 Å². The Bertz CT molecular complexity index is 895. The maximum atomic E-state index is 14.7. The summed E-state index contributed by atoms with van der Waals surface area (Å²) < 4.78 is 16.4. The minimum atomic E-state index is -0.620. The Morgan fingerprint density at radius 3 is 3.12 bits per heavy atom. The highest BCUT2D eigenvalue weighted by molar-refractivity contribution is 8.13. The van der Waals surface area contributed by atoms with Crippen molar-refractivity contribution >= 4 is 28.5 Å². The second-order valence-electron chi connectivity index (χ2n) is 6.85. The highest BCUT2D eigenvalue weighted by atomic mass is 32.2. The molecule has 2 heterocycles. The van der Waals surface area contributed by atoms with E-state index in [1.165, 1.54) is 17.8 Å². The molecule has 2 atom stereocenters. The van der Waals surface area contributed by atoms with Crippen LogP contribution in [0, 0.1) is 11.7 Å². The predicted molar refractivity (Wildman–Crippen MR) is 101 cm³/mol. The number of halogens is 1. The average Bonchev–Trinajstić information content (AvgIpc) is 3.23. The molecule has 1 aliphatic carbocycles. The fraction of sp³-hybridized carbons (Fsp3) is 0.389. The Balaban J connectivity index is 1.68. The van der Waals surface area contributed by atoms with Crippen molar-refractivity contribution in [2.45, 2.75) is 24.8 Å². The fourth-order valence-corrected chi connectivity index (χ4v) is 4.96. The zero-order valence-electron chi connectivity index (χ0n) is 14.4. The van der Waals surface area contributed by atoms with Gasteiger partial charge in [-0.15, -0.1) is 0 Å². The second-order valence-corrected chi connectivity index (χ2v) is 7.89. The number of anilines is 1. The second kappa shape index (κ2) is 6.42. The monoisotopic (exact) mass is 373 g/mol. The van der Waals surface area contributed by atoms with Crippen LogP contribution in [0.5, 0.6) is 0 Å². The van der Waals surface area contributed by atoms with E-state index in [0.717, 1.165) is 25.0 Å². The summed E-state index contributed by atoms with van der Waals surface area (Å²) in [5.74, 6) is 0.470. The van der Waals surface area contributed by atoms with E-state index in [1.807, 2.05) is 0 Å². The number of rotatable bonds is 3. The standard InChI is InChI=1S/C18H20FN5OS/c1-24-8-15(21-10-24)16(25)22-12-4-5-14(19)13(7-12)18-6-2-3-11(18)9-26-17(20)23-18/h4-5,7-8,10-11H,2-3,6,9H2,1H3,(H2,20,23)(H,22,25)/t11-,18-/m0/s1. The third-order valence-electron chi connectivity index (χ3n) is 5.16. The maximum Gasteiger partial charge on any atom is 0.275 e. The van der Waals surface area contributed by atoms with Crippen LogP contribution in [0.15, 0.2) is 35.7 Å². The summed E-state index contributed by atoms with van der Waals surface area (Å²) in [6, 6.07) is 4.65. The molecule has 1 amide bonds. The molecule has 1 aliphatic heterocycles. The first kappa shape index (κ1) is 17.1. The van der Waals surface area contributed by atoms with Crippen molar-refractivity contribution in [2.75, 3.05) is 11.1 Å². The van der Waals surface area contributed by atoms with Crippen LogP contribution >= 0.6 is 11.8 Å². The van der Waals surface area contributed by atoms with Gasteiger partial charge in [0.2, 0.25) is 0 Å². The van der Waals surface area contributed by atoms with Crippen molar-refractivity contribution in [3.05, 3.63) is 47.8 Å². The number of fused-ring (bicyclic) bond motifs is 1. The molecule has 26 heavy (non-hydrogen) atoms. The molecule has 0 saturated heterocycles. The first-order valence-corrected chi connectivity index (χ1v) is 9.54. The fourth-order valence-electron chi connectivity index (χ4n) is 3.92. The lowest BCUT2D eigenvalue weighted by Gasteiger charge is -2.36. The van der Waals surface area contributed by atoms with Crippen molar-refractivity contribution < 1.29 is 9.18 Å².